The summed E-state index contributed by atoms with van der Waals surface area (Å²) in [6.07, 6.45) is 2.47. The summed E-state index contributed by atoms with van der Waals surface area (Å²) in [5.74, 6) is -0.758. The van der Waals surface area contributed by atoms with Gasteiger partial charge >= 0.3 is 5.97 Å². The van der Waals surface area contributed by atoms with Crippen molar-refractivity contribution in [1.82, 2.24) is 9.97 Å². The number of carboxylic acid groups (broad SMARTS) is 1. The molecule has 0 saturated heterocycles. The number of aromatic amines is 1. The summed E-state index contributed by atoms with van der Waals surface area (Å²) in [7, 11) is 0. The number of benzene rings is 1. The van der Waals surface area contributed by atoms with Crippen LogP contribution in [-0.2, 0) is 4.79 Å². The van der Waals surface area contributed by atoms with Crippen molar-refractivity contribution < 1.29 is 9.90 Å². The maximum Gasteiger partial charge on any atom is 0.303 e. The molecule has 0 aliphatic carbocycles. The lowest BCUT2D eigenvalue weighted by atomic mass is 10.2. The van der Waals surface area contributed by atoms with E-state index in [1.807, 2.05) is 18.2 Å². The Kier molecular flexibility index (Phi) is 3.05. The number of nitrogens with zero attached hydrogens (tertiary/aromatic N) is 1. The van der Waals surface area contributed by atoms with Gasteiger partial charge in [-0.15, -0.1) is 0 Å². The Morgan fingerprint density at radius 3 is 3.19 bits per heavy atom. The highest BCUT2D eigenvalue weighted by Gasteiger charge is 1.99. The van der Waals surface area contributed by atoms with E-state index in [1.54, 1.807) is 6.33 Å². The number of nitrogens with one attached hydrogen (secondary N) is 2. The summed E-state index contributed by atoms with van der Waals surface area (Å²) in [5, 5.41) is 11.7. The Bertz CT molecular complexity index is 493. The molecule has 1 aromatic carbocycles. The predicted octanol–water partition coefficient (Wildman–Crippen LogP) is 1.84. The van der Waals surface area contributed by atoms with Crippen LogP contribution in [0.4, 0.5) is 5.69 Å². The zero-order valence-corrected chi connectivity index (χ0v) is 8.73. The fourth-order valence-corrected chi connectivity index (χ4v) is 1.52. The molecule has 0 bridgehead atoms. The number of aromatic nitrogens is 2. The monoisotopic (exact) mass is 219 g/mol. The zero-order chi connectivity index (χ0) is 11.4. The van der Waals surface area contributed by atoms with Crippen molar-refractivity contribution >= 4 is 22.7 Å². The van der Waals surface area contributed by atoms with Crippen LogP contribution in [0.5, 0.6) is 0 Å². The molecule has 0 spiro atoms. The lowest BCUT2D eigenvalue weighted by Gasteiger charge is -2.04. The molecule has 5 nitrogen and oxygen atoms in total. The number of hydrogen-bond acceptors (Lipinski definition) is 3. The molecule has 3 N–H and O–H groups in total. The average molecular weight is 219 g/mol. The van der Waals surface area contributed by atoms with Crippen molar-refractivity contribution in [3.63, 3.8) is 0 Å². The lowest BCUT2D eigenvalue weighted by Crippen LogP contribution is -2.04. The number of carbonyl (C=O) groups is 1. The Morgan fingerprint density at radius 1 is 1.50 bits per heavy atom. The molecule has 2 aromatic rings. The van der Waals surface area contributed by atoms with Crippen molar-refractivity contribution in [3.8, 4) is 0 Å². The third-order valence-electron chi connectivity index (χ3n) is 2.32. The molecule has 0 atom stereocenters. The normalized spacial score (nSPS) is 10.5. The van der Waals surface area contributed by atoms with E-state index in [4.69, 9.17) is 5.11 Å². The maximum absolute atomic E-state index is 10.3. The van der Waals surface area contributed by atoms with E-state index in [2.05, 4.69) is 15.3 Å². The largest absolute Gasteiger partial charge is 0.481 e. The van der Waals surface area contributed by atoms with E-state index in [0.29, 0.717) is 13.0 Å². The minimum atomic E-state index is -0.758. The number of anilines is 1. The number of rotatable bonds is 5. The first kappa shape index (κ1) is 10.5. The van der Waals surface area contributed by atoms with Gasteiger partial charge in [0.05, 0.1) is 17.4 Å². The van der Waals surface area contributed by atoms with Gasteiger partial charge in [0.1, 0.15) is 0 Å². The van der Waals surface area contributed by atoms with Crippen molar-refractivity contribution in [2.75, 3.05) is 11.9 Å². The SMILES string of the molecule is O=C(O)CCCNc1ccc2nc[nH]c2c1. The first-order chi connectivity index (χ1) is 7.75. The van der Waals surface area contributed by atoms with Crippen molar-refractivity contribution in [2.24, 2.45) is 0 Å². The van der Waals surface area contributed by atoms with E-state index in [1.165, 1.54) is 0 Å². The van der Waals surface area contributed by atoms with E-state index in [0.717, 1.165) is 16.7 Å². The summed E-state index contributed by atoms with van der Waals surface area (Å²) in [6.45, 7) is 0.659. The third kappa shape index (κ3) is 2.50. The first-order valence-electron chi connectivity index (χ1n) is 5.14. The van der Waals surface area contributed by atoms with E-state index >= 15 is 0 Å². The second-order valence-corrected chi connectivity index (χ2v) is 3.56. The molecule has 2 rings (SSSR count). The molecule has 0 amide bonds. The van der Waals surface area contributed by atoms with Crippen molar-refractivity contribution in [1.29, 1.82) is 0 Å². The molecule has 1 heterocycles. The summed E-state index contributed by atoms with van der Waals surface area (Å²) in [5.41, 5.74) is 2.88. The smallest absolute Gasteiger partial charge is 0.303 e. The fourth-order valence-electron chi connectivity index (χ4n) is 1.52. The van der Waals surface area contributed by atoms with Gasteiger partial charge in [-0.25, -0.2) is 4.98 Å². The average Bonchev–Trinajstić information content (AvgIpc) is 2.71. The van der Waals surface area contributed by atoms with Crippen LogP contribution in [0.3, 0.4) is 0 Å². The van der Waals surface area contributed by atoms with Crippen LogP contribution in [0, 0.1) is 0 Å². The molecule has 16 heavy (non-hydrogen) atoms. The molecule has 1 aromatic heterocycles. The van der Waals surface area contributed by atoms with Gasteiger partial charge in [-0.05, 0) is 24.6 Å². The second-order valence-electron chi connectivity index (χ2n) is 3.56. The molecule has 0 saturated carbocycles. The molecule has 0 aliphatic rings. The minimum absolute atomic E-state index is 0.194. The molecule has 0 fully saturated rings. The highest BCUT2D eigenvalue weighted by atomic mass is 16.4. The fraction of sp³-hybridized carbons (Fsp3) is 0.273. The molecule has 84 valence electrons. The van der Waals surface area contributed by atoms with Gasteiger partial charge in [-0.2, -0.15) is 0 Å². The lowest BCUT2D eigenvalue weighted by molar-refractivity contribution is -0.137. The minimum Gasteiger partial charge on any atom is -0.481 e. The topological polar surface area (TPSA) is 78.0 Å². The van der Waals surface area contributed by atoms with Crippen LogP contribution in [-0.4, -0.2) is 27.6 Å². The van der Waals surface area contributed by atoms with E-state index < -0.39 is 5.97 Å². The van der Waals surface area contributed by atoms with Gasteiger partial charge in [0.15, 0.2) is 0 Å². The van der Waals surface area contributed by atoms with Gasteiger partial charge in [-0.3, -0.25) is 4.79 Å². The maximum atomic E-state index is 10.3. The second kappa shape index (κ2) is 4.65. The Balaban J connectivity index is 1.91. The summed E-state index contributed by atoms with van der Waals surface area (Å²) >= 11 is 0. The zero-order valence-electron chi connectivity index (χ0n) is 8.73. The Hall–Kier alpha value is -2.04. The molecule has 0 radical (unpaired) electrons. The number of imidazole rings is 1. The van der Waals surface area contributed by atoms with Gasteiger partial charge in [-0.1, -0.05) is 0 Å². The van der Waals surface area contributed by atoms with Gasteiger partial charge in [0.2, 0.25) is 0 Å². The van der Waals surface area contributed by atoms with Crippen molar-refractivity contribution in [3.05, 3.63) is 24.5 Å². The molecule has 0 aliphatic heterocycles. The summed E-state index contributed by atoms with van der Waals surface area (Å²) < 4.78 is 0. The highest BCUT2D eigenvalue weighted by Crippen LogP contribution is 2.15. The number of H-pyrrole nitrogens is 1. The number of aliphatic carboxylic acids is 1. The molecule has 5 heteroatoms. The summed E-state index contributed by atoms with van der Waals surface area (Å²) in [6, 6.07) is 5.82. The van der Waals surface area contributed by atoms with Crippen LogP contribution in [0.2, 0.25) is 0 Å². The van der Waals surface area contributed by atoms with Crippen LogP contribution in [0.15, 0.2) is 24.5 Å². The van der Waals surface area contributed by atoms with Crippen LogP contribution in [0.1, 0.15) is 12.8 Å². The molecular formula is C11H13N3O2. The van der Waals surface area contributed by atoms with E-state index in [9.17, 15) is 4.79 Å². The highest BCUT2D eigenvalue weighted by molar-refractivity contribution is 5.78. The predicted molar refractivity (Wildman–Crippen MR) is 61.5 cm³/mol. The Labute approximate surface area is 92.5 Å². The van der Waals surface area contributed by atoms with Crippen molar-refractivity contribution in [2.45, 2.75) is 12.8 Å². The first-order valence-corrected chi connectivity index (χ1v) is 5.14. The Morgan fingerprint density at radius 2 is 2.38 bits per heavy atom. The number of fused-ring (bicyclic) bond motifs is 1. The van der Waals surface area contributed by atoms with Gasteiger partial charge in [0, 0.05) is 18.7 Å². The molecule has 0 unspecified atom stereocenters. The number of carboxylic acids is 1. The van der Waals surface area contributed by atoms with Crippen LogP contribution >= 0.6 is 0 Å². The van der Waals surface area contributed by atoms with Crippen LogP contribution in [0.25, 0.3) is 11.0 Å². The summed E-state index contributed by atoms with van der Waals surface area (Å²) in [4.78, 5) is 17.5. The van der Waals surface area contributed by atoms with E-state index in [-0.39, 0.29) is 6.42 Å². The quantitative estimate of drug-likeness (QED) is 0.670. The molecular weight excluding hydrogens is 206 g/mol. The van der Waals surface area contributed by atoms with Crippen LogP contribution < -0.4 is 5.32 Å². The number of hydrogen-bond donors (Lipinski definition) is 3. The van der Waals surface area contributed by atoms with Gasteiger partial charge in [0.25, 0.3) is 0 Å². The van der Waals surface area contributed by atoms with Gasteiger partial charge < -0.3 is 15.4 Å². The standard InChI is InChI=1S/C11H13N3O2/c15-11(16)2-1-5-12-8-3-4-9-10(6-8)14-7-13-9/h3-4,6-7,12H,1-2,5H2,(H,13,14)(H,15,16). The third-order valence-corrected chi connectivity index (χ3v) is 2.32.